The Morgan fingerprint density at radius 2 is 2.00 bits per heavy atom. The summed E-state index contributed by atoms with van der Waals surface area (Å²) >= 11 is 1.46. The van der Waals surface area contributed by atoms with Crippen molar-refractivity contribution in [3.05, 3.63) is 72.2 Å². The molecule has 0 saturated carbocycles. The molecule has 0 unspecified atom stereocenters. The Morgan fingerprint density at radius 1 is 1.17 bits per heavy atom. The normalized spacial score (nSPS) is 10.5. The van der Waals surface area contributed by atoms with Gasteiger partial charge in [0.05, 0.1) is 12.2 Å². The third-order valence-electron chi connectivity index (χ3n) is 3.32. The molecule has 0 aliphatic heterocycles. The number of hydrogen-bond acceptors (Lipinski definition) is 5. The number of nitrogens with zero attached hydrogens (tertiary/aromatic N) is 3. The van der Waals surface area contributed by atoms with E-state index in [0.29, 0.717) is 12.2 Å². The summed E-state index contributed by atoms with van der Waals surface area (Å²) < 4.78 is 7.03. The van der Waals surface area contributed by atoms with E-state index in [-0.39, 0.29) is 5.97 Å². The van der Waals surface area contributed by atoms with Gasteiger partial charge in [-0.05, 0) is 36.4 Å². The van der Waals surface area contributed by atoms with Crippen LogP contribution < -0.4 is 0 Å². The SMILES string of the molecule is CCOC(=O)c1ccc(Sc2nccn2Cc2ccccc2)nc1. The van der Waals surface area contributed by atoms with E-state index in [1.165, 1.54) is 23.5 Å². The Morgan fingerprint density at radius 3 is 2.71 bits per heavy atom. The van der Waals surface area contributed by atoms with Crippen LogP contribution in [0.1, 0.15) is 22.8 Å². The Labute approximate surface area is 144 Å². The summed E-state index contributed by atoms with van der Waals surface area (Å²) in [6.45, 7) is 2.89. The number of imidazole rings is 1. The van der Waals surface area contributed by atoms with Crippen LogP contribution in [0.3, 0.4) is 0 Å². The summed E-state index contributed by atoms with van der Waals surface area (Å²) in [5.41, 5.74) is 1.66. The van der Waals surface area contributed by atoms with Gasteiger partial charge in [-0.25, -0.2) is 14.8 Å². The van der Waals surface area contributed by atoms with E-state index in [1.54, 1.807) is 25.3 Å². The second kappa shape index (κ2) is 7.79. The fourth-order valence-corrected chi connectivity index (χ4v) is 2.96. The van der Waals surface area contributed by atoms with E-state index in [1.807, 2.05) is 24.4 Å². The Hall–Kier alpha value is -2.60. The first kappa shape index (κ1) is 16.3. The van der Waals surface area contributed by atoms with E-state index >= 15 is 0 Å². The van der Waals surface area contributed by atoms with Crippen molar-refractivity contribution < 1.29 is 9.53 Å². The van der Waals surface area contributed by atoms with E-state index < -0.39 is 0 Å². The van der Waals surface area contributed by atoms with Crippen LogP contribution in [0, 0.1) is 0 Å². The Balaban J connectivity index is 1.71. The zero-order valence-electron chi connectivity index (χ0n) is 13.3. The van der Waals surface area contributed by atoms with Crippen LogP contribution in [0.15, 0.2) is 71.2 Å². The zero-order chi connectivity index (χ0) is 16.8. The molecule has 3 rings (SSSR count). The molecule has 2 heterocycles. The van der Waals surface area contributed by atoms with Crippen LogP contribution in [0.4, 0.5) is 0 Å². The molecule has 122 valence electrons. The lowest BCUT2D eigenvalue weighted by Gasteiger charge is -2.07. The molecule has 0 aliphatic rings. The number of ether oxygens (including phenoxy) is 1. The number of rotatable bonds is 6. The molecule has 2 aromatic heterocycles. The van der Waals surface area contributed by atoms with Gasteiger partial charge in [0.25, 0.3) is 0 Å². The molecule has 0 radical (unpaired) electrons. The summed E-state index contributed by atoms with van der Waals surface area (Å²) in [5, 5.41) is 1.64. The van der Waals surface area contributed by atoms with E-state index in [4.69, 9.17) is 4.74 Å². The lowest BCUT2D eigenvalue weighted by Crippen LogP contribution is -2.05. The molecule has 24 heavy (non-hydrogen) atoms. The van der Waals surface area contributed by atoms with Crippen molar-refractivity contribution in [2.45, 2.75) is 23.7 Å². The van der Waals surface area contributed by atoms with Gasteiger partial charge in [-0.2, -0.15) is 0 Å². The van der Waals surface area contributed by atoms with Crippen molar-refractivity contribution in [2.24, 2.45) is 0 Å². The topological polar surface area (TPSA) is 57.0 Å². The molecule has 5 nitrogen and oxygen atoms in total. The van der Waals surface area contributed by atoms with Crippen molar-refractivity contribution in [1.29, 1.82) is 0 Å². The third kappa shape index (κ3) is 4.02. The van der Waals surface area contributed by atoms with Crippen LogP contribution in [0.5, 0.6) is 0 Å². The molecule has 0 atom stereocenters. The first-order valence-corrected chi connectivity index (χ1v) is 8.44. The first-order chi connectivity index (χ1) is 11.8. The van der Waals surface area contributed by atoms with Gasteiger partial charge in [0.2, 0.25) is 0 Å². The number of benzene rings is 1. The van der Waals surface area contributed by atoms with Crippen LogP contribution in [0.2, 0.25) is 0 Å². The van der Waals surface area contributed by atoms with Crippen molar-refractivity contribution in [3.63, 3.8) is 0 Å². The molecule has 6 heteroatoms. The van der Waals surface area contributed by atoms with Gasteiger partial charge < -0.3 is 9.30 Å². The maximum atomic E-state index is 11.6. The van der Waals surface area contributed by atoms with Gasteiger partial charge in [-0.3, -0.25) is 0 Å². The van der Waals surface area contributed by atoms with E-state index in [9.17, 15) is 4.79 Å². The fourth-order valence-electron chi connectivity index (χ4n) is 2.17. The third-order valence-corrected chi connectivity index (χ3v) is 4.29. The minimum Gasteiger partial charge on any atom is -0.462 e. The van der Waals surface area contributed by atoms with Gasteiger partial charge in [-0.15, -0.1) is 0 Å². The van der Waals surface area contributed by atoms with Crippen molar-refractivity contribution in [1.82, 2.24) is 14.5 Å². The molecule has 0 amide bonds. The number of carbonyl (C=O) groups is 1. The molecule has 0 saturated heterocycles. The molecule has 0 spiro atoms. The van der Waals surface area contributed by atoms with Gasteiger partial charge in [-0.1, -0.05) is 30.3 Å². The molecule has 0 N–H and O–H groups in total. The average molecular weight is 339 g/mol. The zero-order valence-corrected chi connectivity index (χ0v) is 14.1. The van der Waals surface area contributed by atoms with Gasteiger partial charge >= 0.3 is 5.97 Å². The van der Waals surface area contributed by atoms with Gasteiger partial charge in [0.1, 0.15) is 5.03 Å². The second-order valence-electron chi connectivity index (χ2n) is 5.03. The average Bonchev–Trinajstić information content (AvgIpc) is 3.03. The van der Waals surface area contributed by atoms with Crippen molar-refractivity contribution in [2.75, 3.05) is 6.61 Å². The molecule has 0 bridgehead atoms. The lowest BCUT2D eigenvalue weighted by molar-refractivity contribution is 0.0525. The van der Waals surface area contributed by atoms with Gasteiger partial charge in [0, 0.05) is 25.1 Å². The van der Waals surface area contributed by atoms with Crippen LogP contribution >= 0.6 is 11.8 Å². The van der Waals surface area contributed by atoms with Gasteiger partial charge in [0.15, 0.2) is 5.16 Å². The summed E-state index contributed by atoms with van der Waals surface area (Å²) in [6, 6.07) is 13.7. The highest BCUT2D eigenvalue weighted by atomic mass is 32.2. The van der Waals surface area contributed by atoms with E-state index in [0.717, 1.165) is 16.7 Å². The second-order valence-corrected chi connectivity index (χ2v) is 6.02. The van der Waals surface area contributed by atoms with Crippen molar-refractivity contribution in [3.8, 4) is 0 Å². The predicted molar refractivity (Wildman–Crippen MR) is 92.1 cm³/mol. The first-order valence-electron chi connectivity index (χ1n) is 7.62. The summed E-state index contributed by atoms with van der Waals surface area (Å²) in [4.78, 5) is 20.3. The number of aromatic nitrogens is 3. The Bertz CT molecular complexity index is 801. The number of esters is 1. The van der Waals surface area contributed by atoms with E-state index in [2.05, 4.69) is 26.7 Å². The summed E-state index contributed by atoms with van der Waals surface area (Å²) in [7, 11) is 0. The van der Waals surface area contributed by atoms with Crippen LogP contribution in [0.25, 0.3) is 0 Å². The summed E-state index contributed by atoms with van der Waals surface area (Å²) in [6.07, 6.45) is 5.26. The lowest BCUT2D eigenvalue weighted by atomic mass is 10.2. The highest BCUT2D eigenvalue weighted by Crippen LogP contribution is 2.25. The Kier molecular flexibility index (Phi) is 5.28. The molecular formula is C18H17N3O2S. The quantitative estimate of drug-likeness (QED) is 0.642. The summed E-state index contributed by atoms with van der Waals surface area (Å²) in [5.74, 6) is -0.355. The van der Waals surface area contributed by atoms with Crippen LogP contribution in [-0.2, 0) is 11.3 Å². The number of hydrogen-bond donors (Lipinski definition) is 0. The number of pyridine rings is 1. The standard InChI is InChI=1S/C18H17N3O2S/c1-2-23-17(22)15-8-9-16(20-12-15)24-18-19-10-11-21(18)13-14-6-4-3-5-7-14/h3-12H,2,13H2,1H3. The highest BCUT2D eigenvalue weighted by Gasteiger charge is 2.10. The van der Waals surface area contributed by atoms with Crippen molar-refractivity contribution >= 4 is 17.7 Å². The molecule has 0 aliphatic carbocycles. The van der Waals surface area contributed by atoms with Crippen LogP contribution in [-0.4, -0.2) is 27.1 Å². The predicted octanol–water partition coefficient (Wildman–Crippen LogP) is 3.65. The fraction of sp³-hybridized carbons (Fsp3) is 0.167. The smallest absolute Gasteiger partial charge is 0.339 e. The maximum Gasteiger partial charge on any atom is 0.339 e. The molecule has 0 fully saturated rings. The maximum absolute atomic E-state index is 11.6. The minimum atomic E-state index is -0.355. The molecular weight excluding hydrogens is 322 g/mol. The molecule has 1 aromatic carbocycles. The minimum absolute atomic E-state index is 0.353. The molecule has 3 aromatic rings. The number of carbonyl (C=O) groups excluding carboxylic acids is 1. The largest absolute Gasteiger partial charge is 0.462 e. The highest BCUT2D eigenvalue weighted by molar-refractivity contribution is 7.99. The monoisotopic (exact) mass is 339 g/mol.